The first kappa shape index (κ1) is 20.4. The van der Waals surface area contributed by atoms with Gasteiger partial charge in [0, 0.05) is 50.3 Å². The molecule has 1 aliphatic carbocycles. The van der Waals surface area contributed by atoms with Gasteiger partial charge in [0.25, 0.3) is 0 Å². The number of rotatable bonds is 8. The average molecular weight is 424 g/mol. The highest BCUT2D eigenvalue weighted by Crippen LogP contribution is 2.34. The fourth-order valence-corrected chi connectivity index (χ4v) is 4.79. The highest BCUT2D eigenvalue weighted by molar-refractivity contribution is 5.93. The predicted molar refractivity (Wildman–Crippen MR) is 120 cm³/mol. The number of anilines is 2. The number of aryl methyl sites for hydroxylation is 1. The summed E-state index contributed by atoms with van der Waals surface area (Å²) in [6.07, 6.45) is 11.0. The number of hydrogen-bond donors (Lipinski definition) is 2. The van der Waals surface area contributed by atoms with Crippen molar-refractivity contribution in [1.82, 2.24) is 24.8 Å². The van der Waals surface area contributed by atoms with Gasteiger partial charge >= 0.3 is 0 Å². The molecule has 0 aromatic carbocycles. The monoisotopic (exact) mass is 423 g/mol. The molecule has 166 valence electrons. The largest absolute Gasteiger partial charge is 0.356 e. The third kappa shape index (κ3) is 4.59. The molecule has 1 amide bonds. The number of hydrogen-bond acceptors (Lipinski definition) is 6. The maximum absolute atomic E-state index is 11.7. The summed E-state index contributed by atoms with van der Waals surface area (Å²) in [5, 5.41) is 6.50. The zero-order valence-electron chi connectivity index (χ0n) is 18.4. The number of carbonyl (C=O) groups is 1. The summed E-state index contributed by atoms with van der Waals surface area (Å²) in [5.41, 5.74) is 2.28. The van der Waals surface area contributed by atoms with E-state index < -0.39 is 0 Å². The van der Waals surface area contributed by atoms with Crippen molar-refractivity contribution in [3.05, 3.63) is 29.6 Å². The Morgan fingerprint density at radius 2 is 2.00 bits per heavy atom. The van der Waals surface area contributed by atoms with Crippen LogP contribution in [0.15, 0.2) is 12.5 Å². The summed E-state index contributed by atoms with van der Waals surface area (Å²) in [5.74, 6) is 4.37. The molecule has 2 N–H and O–H groups in total. The predicted octanol–water partition coefficient (Wildman–Crippen LogP) is 2.50. The summed E-state index contributed by atoms with van der Waals surface area (Å²) in [4.78, 5) is 27.9. The van der Waals surface area contributed by atoms with Crippen LogP contribution < -0.4 is 15.5 Å². The Hall–Kier alpha value is -2.48. The van der Waals surface area contributed by atoms with E-state index in [0.717, 1.165) is 75.7 Å². The van der Waals surface area contributed by atoms with Crippen LogP contribution in [0, 0.1) is 5.92 Å². The van der Waals surface area contributed by atoms with Crippen LogP contribution in [-0.2, 0) is 24.2 Å². The lowest BCUT2D eigenvalue weighted by Crippen LogP contribution is -2.36. The number of amides is 1. The molecule has 0 bridgehead atoms. The maximum atomic E-state index is 11.7. The van der Waals surface area contributed by atoms with Gasteiger partial charge in [-0.15, -0.1) is 0 Å². The smallest absolute Gasteiger partial charge is 0.225 e. The van der Waals surface area contributed by atoms with E-state index in [4.69, 9.17) is 4.98 Å². The normalized spacial score (nSPS) is 19.4. The van der Waals surface area contributed by atoms with Gasteiger partial charge in [-0.05, 0) is 51.0 Å². The maximum Gasteiger partial charge on any atom is 0.225 e. The first-order valence-electron chi connectivity index (χ1n) is 11.9. The molecule has 2 aromatic rings. The van der Waals surface area contributed by atoms with Crippen molar-refractivity contribution < 1.29 is 4.79 Å². The number of fused-ring (bicyclic) bond motifs is 1. The van der Waals surface area contributed by atoms with Crippen LogP contribution in [0.3, 0.4) is 0 Å². The Labute approximate surface area is 183 Å². The SMILES string of the molecule is CCc1cn(CCNCC2CC2)c(C2CCN(c3ncnc4c3CCC(=O)N4)CC2)n1. The summed E-state index contributed by atoms with van der Waals surface area (Å²) in [7, 11) is 0. The van der Waals surface area contributed by atoms with E-state index in [1.807, 2.05) is 0 Å². The summed E-state index contributed by atoms with van der Waals surface area (Å²) < 4.78 is 2.39. The molecule has 31 heavy (non-hydrogen) atoms. The lowest BCUT2D eigenvalue weighted by molar-refractivity contribution is -0.116. The van der Waals surface area contributed by atoms with Crippen molar-refractivity contribution in [2.45, 2.75) is 64.3 Å². The molecular weight excluding hydrogens is 390 g/mol. The molecular formula is C23H33N7O. The first-order chi connectivity index (χ1) is 15.2. The van der Waals surface area contributed by atoms with Gasteiger partial charge < -0.3 is 20.1 Å². The second-order valence-electron chi connectivity index (χ2n) is 9.12. The minimum absolute atomic E-state index is 0.0426. The number of nitrogens with zero attached hydrogens (tertiary/aromatic N) is 5. The molecule has 2 fully saturated rings. The van der Waals surface area contributed by atoms with Gasteiger partial charge in [-0.25, -0.2) is 15.0 Å². The second kappa shape index (κ2) is 8.94. The minimum atomic E-state index is 0.0426. The highest BCUT2D eigenvalue weighted by atomic mass is 16.1. The molecule has 1 saturated heterocycles. The third-order valence-corrected chi connectivity index (χ3v) is 6.82. The lowest BCUT2D eigenvalue weighted by atomic mass is 9.95. The third-order valence-electron chi connectivity index (χ3n) is 6.82. The Kier molecular flexibility index (Phi) is 5.89. The fourth-order valence-electron chi connectivity index (χ4n) is 4.79. The van der Waals surface area contributed by atoms with Crippen LogP contribution in [0.2, 0.25) is 0 Å². The molecule has 0 spiro atoms. The van der Waals surface area contributed by atoms with Crippen molar-refractivity contribution in [1.29, 1.82) is 0 Å². The Morgan fingerprint density at radius 1 is 1.16 bits per heavy atom. The fraction of sp³-hybridized carbons (Fsp3) is 0.652. The summed E-state index contributed by atoms with van der Waals surface area (Å²) in [6.45, 7) is 7.26. The molecule has 0 radical (unpaired) electrons. The van der Waals surface area contributed by atoms with Gasteiger partial charge in [-0.3, -0.25) is 4.79 Å². The molecule has 3 aliphatic rings. The zero-order chi connectivity index (χ0) is 21.2. The van der Waals surface area contributed by atoms with Gasteiger partial charge in [0.15, 0.2) is 0 Å². The van der Waals surface area contributed by atoms with E-state index in [0.29, 0.717) is 18.2 Å². The van der Waals surface area contributed by atoms with E-state index in [9.17, 15) is 4.79 Å². The highest BCUT2D eigenvalue weighted by Gasteiger charge is 2.29. The number of piperidine rings is 1. The van der Waals surface area contributed by atoms with Crippen LogP contribution in [0.25, 0.3) is 0 Å². The molecule has 0 atom stereocenters. The zero-order valence-corrected chi connectivity index (χ0v) is 18.4. The molecule has 2 aromatic heterocycles. The summed E-state index contributed by atoms with van der Waals surface area (Å²) >= 11 is 0. The van der Waals surface area contributed by atoms with Crippen LogP contribution in [0.5, 0.6) is 0 Å². The van der Waals surface area contributed by atoms with Crippen molar-refractivity contribution in [2.24, 2.45) is 5.92 Å². The summed E-state index contributed by atoms with van der Waals surface area (Å²) in [6, 6.07) is 0. The molecule has 8 heteroatoms. The van der Waals surface area contributed by atoms with E-state index in [1.165, 1.54) is 24.4 Å². The van der Waals surface area contributed by atoms with Crippen molar-refractivity contribution in [3.63, 3.8) is 0 Å². The average Bonchev–Trinajstić information content (AvgIpc) is 3.53. The van der Waals surface area contributed by atoms with E-state index in [-0.39, 0.29) is 5.91 Å². The number of aromatic nitrogens is 4. The van der Waals surface area contributed by atoms with Gasteiger partial charge in [0.1, 0.15) is 23.8 Å². The lowest BCUT2D eigenvalue weighted by Gasteiger charge is -2.34. The standard InChI is InChI=1S/C23H33N7O/c1-2-18-14-30(12-9-24-13-16-3-4-16)22(27-18)17-7-10-29(11-8-17)23-19-5-6-20(31)28-21(19)25-15-26-23/h14-17,24H,2-13H2,1H3,(H,25,26,28,31). The number of carbonyl (C=O) groups excluding carboxylic acids is 1. The van der Waals surface area contributed by atoms with Crippen LogP contribution >= 0.6 is 0 Å². The van der Waals surface area contributed by atoms with Gasteiger partial charge in [0.2, 0.25) is 5.91 Å². The van der Waals surface area contributed by atoms with Crippen LogP contribution in [0.1, 0.15) is 62.0 Å². The van der Waals surface area contributed by atoms with Crippen molar-refractivity contribution in [2.75, 3.05) is 36.4 Å². The van der Waals surface area contributed by atoms with E-state index in [1.54, 1.807) is 6.33 Å². The molecule has 0 unspecified atom stereocenters. The number of imidazole rings is 1. The van der Waals surface area contributed by atoms with Gasteiger partial charge in [-0.2, -0.15) is 0 Å². The first-order valence-corrected chi connectivity index (χ1v) is 11.9. The Bertz CT molecular complexity index is 928. The Morgan fingerprint density at radius 3 is 2.77 bits per heavy atom. The second-order valence-corrected chi connectivity index (χ2v) is 9.12. The van der Waals surface area contributed by atoms with Crippen LogP contribution in [0.4, 0.5) is 11.6 Å². The molecule has 4 heterocycles. The van der Waals surface area contributed by atoms with E-state index in [2.05, 4.69) is 43.2 Å². The van der Waals surface area contributed by atoms with Crippen molar-refractivity contribution in [3.8, 4) is 0 Å². The molecule has 8 nitrogen and oxygen atoms in total. The van der Waals surface area contributed by atoms with Gasteiger partial charge in [0.05, 0.1) is 5.69 Å². The topological polar surface area (TPSA) is 88.0 Å². The van der Waals surface area contributed by atoms with E-state index >= 15 is 0 Å². The quantitative estimate of drug-likeness (QED) is 0.635. The van der Waals surface area contributed by atoms with Crippen molar-refractivity contribution >= 4 is 17.5 Å². The minimum Gasteiger partial charge on any atom is -0.356 e. The number of nitrogens with one attached hydrogen (secondary N) is 2. The van der Waals surface area contributed by atoms with Crippen LogP contribution in [-0.4, -0.2) is 51.6 Å². The Balaban J connectivity index is 1.24. The molecule has 5 rings (SSSR count). The molecule has 2 aliphatic heterocycles. The van der Waals surface area contributed by atoms with Gasteiger partial charge in [-0.1, -0.05) is 6.92 Å². The molecule has 1 saturated carbocycles.